The quantitative estimate of drug-likeness (QED) is 0.508. The van der Waals surface area contributed by atoms with Crippen molar-refractivity contribution in [1.29, 1.82) is 0 Å². The Morgan fingerprint density at radius 2 is 1.72 bits per heavy atom. The van der Waals surface area contributed by atoms with Crippen LogP contribution in [-0.2, 0) is 6.42 Å². The van der Waals surface area contributed by atoms with Gasteiger partial charge in [0.2, 0.25) is 0 Å². The molecule has 1 fully saturated rings. The van der Waals surface area contributed by atoms with E-state index < -0.39 is 0 Å². The molecule has 138 valence electrons. The third-order valence-corrected chi connectivity index (χ3v) is 6.55. The van der Waals surface area contributed by atoms with Crippen molar-refractivity contribution in [1.82, 2.24) is 0 Å². The van der Waals surface area contributed by atoms with Gasteiger partial charge in [0.15, 0.2) is 5.78 Å². The van der Waals surface area contributed by atoms with Crippen molar-refractivity contribution in [2.24, 2.45) is 17.6 Å². The summed E-state index contributed by atoms with van der Waals surface area (Å²) in [4.78, 5) is 11.7. The van der Waals surface area contributed by atoms with Crippen LogP contribution < -0.4 is 5.73 Å². The highest BCUT2D eigenvalue weighted by Gasteiger charge is 2.22. The zero-order chi connectivity index (χ0) is 18.3. The number of ketones is 1. The Morgan fingerprint density at radius 1 is 1.12 bits per heavy atom. The highest BCUT2D eigenvalue weighted by Crippen LogP contribution is 2.36. The molecule has 1 saturated carbocycles. The summed E-state index contributed by atoms with van der Waals surface area (Å²) >= 11 is 2.12. The summed E-state index contributed by atoms with van der Waals surface area (Å²) in [6.45, 7) is 6.94. The largest absolute Gasteiger partial charge is 0.404 e. The number of thioether (sulfide) groups is 1. The first-order chi connectivity index (χ1) is 11.9. The highest BCUT2D eigenvalue weighted by molar-refractivity contribution is 8.00. The Labute approximate surface area is 157 Å². The molecule has 0 amide bonds. The molecule has 1 aliphatic carbocycles. The normalized spacial score (nSPS) is 21.6. The second-order valence-corrected chi connectivity index (χ2v) is 10.1. The molecule has 0 heterocycles. The molecular weight excluding hydrogens is 326 g/mol. The number of carbonyl (C=O) groups is 1. The molecule has 0 bridgehead atoms. The molecule has 2 nitrogen and oxygen atoms in total. The van der Waals surface area contributed by atoms with E-state index in [2.05, 4.69) is 44.7 Å². The van der Waals surface area contributed by atoms with Crippen molar-refractivity contribution in [3.8, 4) is 0 Å². The van der Waals surface area contributed by atoms with Crippen LogP contribution in [0.4, 0.5) is 0 Å². The molecule has 1 aromatic carbocycles. The zero-order valence-electron chi connectivity index (χ0n) is 16.0. The maximum absolute atomic E-state index is 11.7. The van der Waals surface area contributed by atoms with E-state index in [9.17, 15) is 4.79 Å². The summed E-state index contributed by atoms with van der Waals surface area (Å²) in [6, 6.07) is 8.00. The van der Waals surface area contributed by atoms with E-state index in [0.29, 0.717) is 10.3 Å². The number of rotatable bonds is 7. The van der Waals surface area contributed by atoms with Crippen LogP contribution in [0.3, 0.4) is 0 Å². The van der Waals surface area contributed by atoms with Gasteiger partial charge >= 0.3 is 0 Å². The van der Waals surface area contributed by atoms with Crippen LogP contribution in [0, 0.1) is 11.8 Å². The van der Waals surface area contributed by atoms with Crippen molar-refractivity contribution in [2.75, 3.05) is 5.75 Å². The van der Waals surface area contributed by atoms with Gasteiger partial charge < -0.3 is 5.73 Å². The fraction of sp³-hybridized carbons (Fsp3) is 0.591. The standard InChI is InChI=1S/C22H33NOS/c1-22(2,3)25-16-19-8-6-17(7-9-19)4-5-18-10-12-20(13-11-18)21(24)14-15-23/h10-15,17,19H,4-9,16,23H2,1-3H3/b15-14-. The van der Waals surface area contributed by atoms with Crippen LogP contribution in [0.5, 0.6) is 0 Å². The van der Waals surface area contributed by atoms with Crippen LogP contribution in [0.1, 0.15) is 68.8 Å². The van der Waals surface area contributed by atoms with Gasteiger partial charge in [-0.25, -0.2) is 0 Å². The number of aryl methyl sites for hydroxylation is 1. The number of benzene rings is 1. The third-order valence-electron chi connectivity index (χ3n) is 5.05. The third kappa shape index (κ3) is 7.27. The molecule has 0 aliphatic heterocycles. The van der Waals surface area contributed by atoms with E-state index in [1.165, 1.54) is 55.7 Å². The lowest BCUT2D eigenvalue weighted by Crippen LogP contribution is -2.19. The number of carbonyl (C=O) groups excluding carboxylic acids is 1. The first kappa shape index (κ1) is 20.1. The molecule has 2 rings (SSSR count). The highest BCUT2D eigenvalue weighted by atomic mass is 32.2. The minimum atomic E-state index is -0.0273. The number of hydrogen-bond acceptors (Lipinski definition) is 3. The average molecular weight is 360 g/mol. The van der Waals surface area contributed by atoms with Gasteiger partial charge in [0.1, 0.15) is 0 Å². The van der Waals surface area contributed by atoms with Crippen molar-refractivity contribution in [3.63, 3.8) is 0 Å². The van der Waals surface area contributed by atoms with Gasteiger partial charge in [0.05, 0.1) is 0 Å². The Bertz CT molecular complexity index is 563. The SMILES string of the molecule is CC(C)(C)SCC1CCC(CCc2ccc(C(=O)/C=C\N)cc2)CC1. The molecule has 0 saturated heterocycles. The maximum atomic E-state index is 11.7. The fourth-order valence-electron chi connectivity index (χ4n) is 3.44. The molecule has 0 unspecified atom stereocenters. The van der Waals surface area contributed by atoms with Crippen LogP contribution >= 0.6 is 11.8 Å². The second-order valence-electron chi connectivity index (χ2n) is 8.27. The molecule has 25 heavy (non-hydrogen) atoms. The molecular formula is C22H33NOS. The van der Waals surface area contributed by atoms with Crippen LogP contribution in [-0.4, -0.2) is 16.3 Å². The lowest BCUT2D eigenvalue weighted by atomic mass is 9.80. The van der Waals surface area contributed by atoms with Gasteiger partial charge in [-0.15, -0.1) is 0 Å². The predicted octanol–water partition coefficient (Wildman–Crippen LogP) is 5.61. The lowest BCUT2D eigenvalue weighted by Gasteiger charge is -2.30. The molecule has 3 heteroatoms. The van der Waals surface area contributed by atoms with Crippen molar-refractivity contribution < 1.29 is 4.79 Å². The van der Waals surface area contributed by atoms with Gasteiger partial charge in [-0.2, -0.15) is 11.8 Å². The molecule has 0 radical (unpaired) electrons. The Balaban J connectivity index is 1.71. The van der Waals surface area contributed by atoms with Gasteiger partial charge in [-0.05, 0) is 55.0 Å². The maximum Gasteiger partial charge on any atom is 0.187 e. The van der Waals surface area contributed by atoms with Crippen molar-refractivity contribution in [2.45, 2.75) is 64.0 Å². The van der Waals surface area contributed by atoms with Gasteiger partial charge in [-0.1, -0.05) is 57.9 Å². The lowest BCUT2D eigenvalue weighted by molar-refractivity contribution is 0.104. The van der Waals surface area contributed by atoms with Crippen LogP contribution in [0.25, 0.3) is 0 Å². The van der Waals surface area contributed by atoms with Crippen LogP contribution in [0.2, 0.25) is 0 Å². The van der Waals surface area contributed by atoms with E-state index in [4.69, 9.17) is 5.73 Å². The van der Waals surface area contributed by atoms with Crippen LogP contribution in [0.15, 0.2) is 36.5 Å². The van der Waals surface area contributed by atoms with E-state index in [1.807, 2.05) is 12.1 Å². The summed E-state index contributed by atoms with van der Waals surface area (Å²) < 4.78 is 0.393. The number of allylic oxidation sites excluding steroid dienone is 1. The summed E-state index contributed by atoms with van der Waals surface area (Å²) in [5.74, 6) is 3.09. The minimum Gasteiger partial charge on any atom is -0.404 e. The first-order valence-electron chi connectivity index (χ1n) is 9.53. The molecule has 1 aromatic rings. The van der Waals surface area contributed by atoms with E-state index in [-0.39, 0.29) is 5.78 Å². The summed E-state index contributed by atoms with van der Waals surface area (Å²) in [7, 11) is 0. The molecule has 0 atom stereocenters. The molecule has 0 aromatic heterocycles. The van der Waals surface area contributed by atoms with Crippen molar-refractivity contribution in [3.05, 3.63) is 47.7 Å². The van der Waals surface area contributed by atoms with Gasteiger partial charge in [-0.3, -0.25) is 4.79 Å². The molecule has 2 N–H and O–H groups in total. The van der Waals surface area contributed by atoms with Crippen molar-refractivity contribution >= 4 is 17.5 Å². The fourth-order valence-corrected chi connectivity index (χ4v) is 4.51. The van der Waals surface area contributed by atoms with E-state index >= 15 is 0 Å². The number of hydrogen-bond donors (Lipinski definition) is 1. The molecule has 0 spiro atoms. The van der Waals surface area contributed by atoms with Gasteiger partial charge in [0.25, 0.3) is 0 Å². The summed E-state index contributed by atoms with van der Waals surface area (Å²) in [5, 5.41) is 0. The Hall–Kier alpha value is -1.22. The van der Waals surface area contributed by atoms with E-state index in [1.54, 1.807) is 0 Å². The smallest absolute Gasteiger partial charge is 0.187 e. The Morgan fingerprint density at radius 3 is 2.28 bits per heavy atom. The minimum absolute atomic E-state index is 0.0273. The first-order valence-corrected chi connectivity index (χ1v) is 10.5. The summed E-state index contributed by atoms with van der Waals surface area (Å²) in [6.07, 6.45) is 10.7. The second kappa shape index (κ2) is 9.47. The Kier molecular flexibility index (Phi) is 7.61. The monoisotopic (exact) mass is 359 g/mol. The summed E-state index contributed by atoms with van der Waals surface area (Å²) in [5.41, 5.74) is 7.32. The topological polar surface area (TPSA) is 43.1 Å². The predicted molar refractivity (Wildman–Crippen MR) is 110 cm³/mol. The van der Waals surface area contributed by atoms with E-state index in [0.717, 1.165) is 18.3 Å². The molecule has 1 aliphatic rings. The average Bonchev–Trinajstić information content (AvgIpc) is 2.59. The number of nitrogens with two attached hydrogens (primary N) is 1. The zero-order valence-corrected chi connectivity index (χ0v) is 16.8. The van der Waals surface area contributed by atoms with Gasteiger partial charge in [0, 0.05) is 16.4 Å².